The van der Waals surface area contributed by atoms with Gasteiger partial charge in [0.15, 0.2) is 0 Å². The van der Waals surface area contributed by atoms with E-state index in [1.54, 1.807) is 36.4 Å². The molecule has 16 heavy (non-hydrogen) atoms. The zero-order valence-electron chi connectivity index (χ0n) is 8.55. The van der Waals surface area contributed by atoms with Gasteiger partial charge in [-0.1, -0.05) is 0 Å². The van der Waals surface area contributed by atoms with E-state index in [0.717, 1.165) is 0 Å². The van der Waals surface area contributed by atoms with Gasteiger partial charge in [-0.05, 0) is 36.4 Å². The second kappa shape index (κ2) is 4.53. The quantitative estimate of drug-likeness (QED) is 0.632. The number of carbonyl (C=O) groups is 1. The van der Waals surface area contributed by atoms with E-state index in [9.17, 15) is 4.79 Å². The highest BCUT2D eigenvalue weighted by Gasteiger charge is 2.07. The van der Waals surface area contributed by atoms with Crippen molar-refractivity contribution >= 4 is 11.7 Å². The van der Waals surface area contributed by atoms with Gasteiger partial charge < -0.3 is 14.9 Å². The Morgan fingerprint density at radius 2 is 2.00 bits per heavy atom. The molecule has 0 radical (unpaired) electrons. The number of nitrogens with two attached hydrogens (primary N) is 1. The fourth-order valence-electron chi connectivity index (χ4n) is 1.23. The van der Waals surface area contributed by atoms with Gasteiger partial charge in [0, 0.05) is 5.69 Å². The number of benzene rings is 1. The lowest BCUT2D eigenvalue weighted by molar-refractivity contribution is 0.0445. The first-order valence-electron chi connectivity index (χ1n) is 4.81. The molecule has 0 spiro atoms. The maximum atomic E-state index is 11.5. The van der Waals surface area contributed by atoms with Gasteiger partial charge in [-0.15, -0.1) is 0 Å². The second-order valence-corrected chi connectivity index (χ2v) is 3.28. The Morgan fingerprint density at radius 1 is 1.25 bits per heavy atom. The molecule has 4 heteroatoms. The summed E-state index contributed by atoms with van der Waals surface area (Å²) in [4.78, 5) is 11.5. The largest absolute Gasteiger partial charge is 0.466 e. The zero-order chi connectivity index (χ0) is 11.4. The number of furan rings is 1. The Kier molecular flexibility index (Phi) is 2.91. The average molecular weight is 217 g/mol. The van der Waals surface area contributed by atoms with E-state index in [0.29, 0.717) is 17.0 Å². The molecule has 1 heterocycles. The van der Waals surface area contributed by atoms with Gasteiger partial charge in [0.1, 0.15) is 12.4 Å². The number of hydrogen-bond donors (Lipinski definition) is 1. The van der Waals surface area contributed by atoms with Crippen LogP contribution in [0.25, 0.3) is 0 Å². The molecule has 2 N–H and O–H groups in total. The van der Waals surface area contributed by atoms with Crippen LogP contribution in [0, 0.1) is 0 Å². The van der Waals surface area contributed by atoms with Gasteiger partial charge in [-0.3, -0.25) is 0 Å². The van der Waals surface area contributed by atoms with Crippen LogP contribution in [0.1, 0.15) is 16.1 Å². The fourth-order valence-corrected chi connectivity index (χ4v) is 1.23. The van der Waals surface area contributed by atoms with Crippen LogP contribution < -0.4 is 5.73 Å². The fraction of sp³-hybridized carbons (Fsp3) is 0.0833. The molecular formula is C12H11NO3. The molecule has 0 aliphatic rings. The molecule has 0 aliphatic heterocycles. The lowest BCUT2D eigenvalue weighted by Gasteiger charge is -2.02. The average Bonchev–Trinajstić information content (AvgIpc) is 2.80. The van der Waals surface area contributed by atoms with Crippen LogP contribution >= 0.6 is 0 Å². The van der Waals surface area contributed by atoms with E-state index >= 15 is 0 Å². The van der Waals surface area contributed by atoms with Crippen LogP contribution in [0.15, 0.2) is 47.1 Å². The van der Waals surface area contributed by atoms with Gasteiger partial charge >= 0.3 is 5.97 Å². The van der Waals surface area contributed by atoms with Crippen LogP contribution in [-0.4, -0.2) is 5.97 Å². The Labute approximate surface area is 92.6 Å². The predicted molar refractivity (Wildman–Crippen MR) is 58.7 cm³/mol. The lowest BCUT2D eigenvalue weighted by Crippen LogP contribution is -2.04. The number of anilines is 1. The van der Waals surface area contributed by atoms with Gasteiger partial charge in [0.05, 0.1) is 11.8 Å². The number of ether oxygens (including phenoxy) is 1. The minimum absolute atomic E-state index is 0.135. The lowest BCUT2D eigenvalue weighted by atomic mass is 10.2. The monoisotopic (exact) mass is 217 g/mol. The molecule has 1 aromatic heterocycles. The minimum Gasteiger partial charge on any atom is -0.466 e. The topological polar surface area (TPSA) is 65.5 Å². The third-order valence-electron chi connectivity index (χ3n) is 2.07. The summed E-state index contributed by atoms with van der Waals surface area (Å²) in [5.74, 6) is 0.222. The summed E-state index contributed by atoms with van der Waals surface area (Å²) < 4.78 is 10.1. The molecule has 1 aromatic carbocycles. The third-order valence-corrected chi connectivity index (χ3v) is 2.07. The summed E-state index contributed by atoms with van der Waals surface area (Å²) in [6, 6.07) is 10.1. The third kappa shape index (κ3) is 2.42. The van der Waals surface area contributed by atoms with Crippen molar-refractivity contribution in [3.63, 3.8) is 0 Å². The number of hydrogen-bond acceptors (Lipinski definition) is 4. The summed E-state index contributed by atoms with van der Waals surface area (Å²) in [6.07, 6.45) is 1.53. The zero-order valence-corrected chi connectivity index (χ0v) is 8.55. The number of carbonyl (C=O) groups excluding carboxylic acids is 1. The van der Waals surface area contributed by atoms with Crippen molar-refractivity contribution in [1.82, 2.24) is 0 Å². The van der Waals surface area contributed by atoms with Crippen LogP contribution in [0.5, 0.6) is 0 Å². The van der Waals surface area contributed by atoms with E-state index in [2.05, 4.69) is 0 Å². The van der Waals surface area contributed by atoms with Crippen molar-refractivity contribution < 1.29 is 13.9 Å². The first kappa shape index (κ1) is 10.3. The molecule has 0 bridgehead atoms. The van der Waals surface area contributed by atoms with Gasteiger partial charge in [-0.2, -0.15) is 0 Å². The van der Waals surface area contributed by atoms with Crippen LogP contribution in [0.3, 0.4) is 0 Å². The van der Waals surface area contributed by atoms with Crippen molar-refractivity contribution in [1.29, 1.82) is 0 Å². The summed E-state index contributed by atoms with van der Waals surface area (Å²) in [5, 5.41) is 0. The smallest absolute Gasteiger partial charge is 0.338 e. The van der Waals surface area contributed by atoms with Crippen molar-refractivity contribution in [3.05, 3.63) is 54.0 Å². The van der Waals surface area contributed by atoms with Crippen molar-refractivity contribution in [3.8, 4) is 0 Å². The van der Waals surface area contributed by atoms with E-state index in [4.69, 9.17) is 14.9 Å². The van der Waals surface area contributed by atoms with Gasteiger partial charge in [0.2, 0.25) is 0 Å². The molecule has 2 rings (SSSR count). The maximum Gasteiger partial charge on any atom is 0.338 e. The van der Waals surface area contributed by atoms with Crippen molar-refractivity contribution in [2.75, 3.05) is 5.73 Å². The van der Waals surface area contributed by atoms with Crippen molar-refractivity contribution in [2.24, 2.45) is 0 Å². The maximum absolute atomic E-state index is 11.5. The molecule has 0 unspecified atom stereocenters. The highest BCUT2D eigenvalue weighted by molar-refractivity contribution is 5.89. The summed E-state index contributed by atoms with van der Waals surface area (Å²) >= 11 is 0. The SMILES string of the molecule is Nc1ccc(C(=O)OCc2ccco2)cc1. The summed E-state index contributed by atoms with van der Waals surface area (Å²) in [6.45, 7) is 0.135. The standard InChI is InChI=1S/C12H11NO3/c13-10-5-3-9(4-6-10)12(14)16-8-11-2-1-7-15-11/h1-7H,8,13H2. The van der Waals surface area contributed by atoms with Crippen LogP contribution in [-0.2, 0) is 11.3 Å². The Morgan fingerprint density at radius 3 is 2.62 bits per heavy atom. The van der Waals surface area contributed by atoms with Crippen LogP contribution in [0.2, 0.25) is 0 Å². The number of nitrogen functional groups attached to an aromatic ring is 1. The Hall–Kier alpha value is -2.23. The van der Waals surface area contributed by atoms with Crippen LogP contribution in [0.4, 0.5) is 5.69 Å². The first-order valence-corrected chi connectivity index (χ1v) is 4.81. The molecule has 0 fully saturated rings. The minimum atomic E-state index is -0.392. The number of esters is 1. The Bertz CT molecular complexity index is 460. The Balaban J connectivity index is 1.95. The van der Waals surface area contributed by atoms with Gasteiger partial charge in [0.25, 0.3) is 0 Å². The molecule has 0 saturated heterocycles. The molecule has 4 nitrogen and oxygen atoms in total. The molecule has 0 atom stereocenters. The van der Waals surface area contributed by atoms with E-state index in [-0.39, 0.29) is 6.61 Å². The van der Waals surface area contributed by atoms with Crippen molar-refractivity contribution in [2.45, 2.75) is 6.61 Å². The first-order chi connectivity index (χ1) is 7.75. The normalized spacial score (nSPS) is 10.0. The van der Waals surface area contributed by atoms with E-state index < -0.39 is 5.97 Å². The summed E-state index contributed by atoms with van der Waals surface area (Å²) in [5.41, 5.74) is 6.60. The molecule has 0 saturated carbocycles. The number of rotatable bonds is 3. The van der Waals surface area contributed by atoms with Gasteiger partial charge in [-0.25, -0.2) is 4.79 Å². The van der Waals surface area contributed by atoms with E-state index in [1.807, 2.05) is 0 Å². The molecule has 2 aromatic rings. The van der Waals surface area contributed by atoms with E-state index in [1.165, 1.54) is 6.26 Å². The molecular weight excluding hydrogens is 206 g/mol. The molecule has 0 amide bonds. The highest BCUT2D eigenvalue weighted by Crippen LogP contribution is 2.09. The predicted octanol–water partition coefficient (Wildman–Crippen LogP) is 2.22. The highest BCUT2D eigenvalue weighted by atomic mass is 16.5. The second-order valence-electron chi connectivity index (χ2n) is 3.28. The summed E-state index contributed by atoms with van der Waals surface area (Å²) in [7, 11) is 0. The molecule has 82 valence electrons. The molecule has 0 aliphatic carbocycles.